The summed E-state index contributed by atoms with van der Waals surface area (Å²) >= 11 is 1.78. The quantitative estimate of drug-likeness (QED) is 0.351. The van der Waals surface area contributed by atoms with Crippen LogP contribution in [0.4, 0.5) is 0 Å². The second-order valence-corrected chi connectivity index (χ2v) is 8.52. The van der Waals surface area contributed by atoms with Crippen LogP contribution in [0.2, 0.25) is 0 Å². The van der Waals surface area contributed by atoms with Gasteiger partial charge in [-0.1, -0.05) is 67.2 Å². The number of rotatable bonds is 8. The lowest BCUT2D eigenvalue weighted by molar-refractivity contribution is -0.145. The molecule has 31 heavy (non-hydrogen) atoms. The van der Waals surface area contributed by atoms with Crippen LogP contribution in [-0.4, -0.2) is 21.7 Å². The largest absolute Gasteiger partial charge is 0.479 e. The molecule has 3 aromatic carbocycles. The van der Waals surface area contributed by atoms with Gasteiger partial charge in [0.25, 0.3) is 0 Å². The van der Waals surface area contributed by atoms with Gasteiger partial charge >= 0.3 is 5.97 Å². The number of carboxylic acid groups (broad SMARTS) is 1. The minimum Gasteiger partial charge on any atom is -0.479 e. The third-order valence-electron chi connectivity index (χ3n) is 5.30. The Morgan fingerprint density at radius 2 is 1.77 bits per heavy atom. The molecule has 0 aliphatic carbocycles. The van der Waals surface area contributed by atoms with E-state index < -0.39 is 12.1 Å². The molecule has 0 saturated heterocycles. The number of benzene rings is 3. The van der Waals surface area contributed by atoms with E-state index in [1.807, 2.05) is 37.3 Å². The van der Waals surface area contributed by atoms with Crippen LogP contribution >= 0.6 is 11.8 Å². The van der Waals surface area contributed by atoms with E-state index in [0.29, 0.717) is 18.7 Å². The number of carboxylic acids is 1. The second kappa shape index (κ2) is 9.31. The summed E-state index contributed by atoms with van der Waals surface area (Å²) in [6.45, 7) is 4.65. The Hall–Kier alpha value is -3.18. The van der Waals surface area contributed by atoms with Crippen LogP contribution in [0.1, 0.15) is 24.6 Å². The van der Waals surface area contributed by atoms with Gasteiger partial charge < -0.3 is 14.4 Å². The highest BCUT2D eigenvalue weighted by molar-refractivity contribution is 7.99. The molecule has 0 unspecified atom stereocenters. The van der Waals surface area contributed by atoms with Gasteiger partial charge in [0.15, 0.2) is 6.10 Å². The van der Waals surface area contributed by atoms with Crippen molar-refractivity contribution in [3.8, 4) is 5.75 Å². The number of aliphatic carboxylic acids is 1. The highest BCUT2D eigenvalue weighted by atomic mass is 32.2. The summed E-state index contributed by atoms with van der Waals surface area (Å²) < 4.78 is 8.01. The zero-order chi connectivity index (χ0) is 21.8. The first kappa shape index (κ1) is 21.1. The van der Waals surface area contributed by atoms with Gasteiger partial charge in [-0.3, -0.25) is 0 Å². The van der Waals surface area contributed by atoms with E-state index in [4.69, 9.17) is 4.74 Å². The minimum atomic E-state index is -0.942. The monoisotopic (exact) mass is 431 g/mol. The van der Waals surface area contributed by atoms with Crippen molar-refractivity contribution in [2.75, 3.05) is 0 Å². The topological polar surface area (TPSA) is 51.5 Å². The zero-order valence-electron chi connectivity index (χ0n) is 17.6. The summed E-state index contributed by atoms with van der Waals surface area (Å²) in [4.78, 5) is 13.8. The molecule has 1 heterocycles. The van der Waals surface area contributed by atoms with Gasteiger partial charge in [0, 0.05) is 32.9 Å². The molecule has 0 saturated carbocycles. The Bertz CT molecular complexity index is 1200. The number of hydrogen-bond donors (Lipinski definition) is 1. The fraction of sp³-hybridized carbons (Fsp3) is 0.192. The van der Waals surface area contributed by atoms with E-state index in [-0.39, 0.29) is 0 Å². The normalized spacial score (nSPS) is 12.1. The molecule has 4 nitrogen and oxygen atoms in total. The molecular weight excluding hydrogens is 406 g/mol. The molecule has 1 N–H and O–H groups in total. The third kappa shape index (κ3) is 4.62. The second-order valence-electron chi connectivity index (χ2n) is 7.43. The van der Waals surface area contributed by atoms with E-state index in [1.165, 1.54) is 26.4 Å². The fourth-order valence-electron chi connectivity index (χ4n) is 3.71. The maximum Gasteiger partial charge on any atom is 0.344 e. The molecule has 0 amide bonds. The van der Waals surface area contributed by atoms with Gasteiger partial charge in [-0.15, -0.1) is 0 Å². The van der Waals surface area contributed by atoms with Crippen LogP contribution in [-0.2, 0) is 11.3 Å². The fourth-order valence-corrected chi connectivity index (χ4v) is 4.78. The van der Waals surface area contributed by atoms with Crippen molar-refractivity contribution >= 4 is 28.6 Å². The molecule has 0 radical (unpaired) electrons. The van der Waals surface area contributed by atoms with E-state index in [2.05, 4.69) is 60.0 Å². The predicted molar refractivity (Wildman–Crippen MR) is 125 cm³/mol. The van der Waals surface area contributed by atoms with Gasteiger partial charge in [0.2, 0.25) is 0 Å². The van der Waals surface area contributed by atoms with Crippen molar-refractivity contribution in [1.82, 2.24) is 4.57 Å². The summed E-state index contributed by atoms with van der Waals surface area (Å²) in [7, 11) is 0. The first-order chi connectivity index (χ1) is 15.1. The molecule has 1 atom stereocenters. The van der Waals surface area contributed by atoms with Crippen LogP contribution < -0.4 is 4.74 Å². The molecule has 0 aliphatic heterocycles. The number of carbonyl (C=O) groups is 1. The SMILES string of the molecule is CC[C@@H](Oc1cccc(Cn2c(C)c(Sc3ccccc3)c3ccccc32)c1)C(=O)O. The van der Waals surface area contributed by atoms with Gasteiger partial charge in [-0.05, 0) is 49.2 Å². The molecule has 4 rings (SSSR count). The average molecular weight is 432 g/mol. The predicted octanol–water partition coefficient (Wildman–Crippen LogP) is 6.39. The van der Waals surface area contributed by atoms with Crippen LogP contribution in [0.5, 0.6) is 5.75 Å². The van der Waals surface area contributed by atoms with E-state index in [1.54, 1.807) is 11.8 Å². The first-order valence-corrected chi connectivity index (χ1v) is 11.2. The van der Waals surface area contributed by atoms with Crippen molar-refractivity contribution < 1.29 is 14.6 Å². The van der Waals surface area contributed by atoms with Crippen LogP contribution in [0.3, 0.4) is 0 Å². The number of hydrogen-bond acceptors (Lipinski definition) is 3. The van der Waals surface area contributed by atoms with E-state index >= 15 is 0 Å². The Balaban J connectivity index is 1.67. The summed E-state index contributed by atoms with van der Waals surface area (Å²) in [5.41, 5.74) is 3.46. The Kier molecular flexibility index (Phi) is 6.33. The Morgan fingerprint density at radius 1 is 1.03 bits per heavy atom. The van der Waals surface area contributed by atoms with Gasteiger partial charge in [-0.25, -0.2) is 4.79 Å². The van der Waals surface area contributed by atoms with Crippen molar-refractivity contribution in [1.29, 1.82) is 0 Å². The lowest BCUT2D eigenvalue weighted by Gasteiger charge is -2.15. The maximum absolute atomic E-state index is 11.3. The number of nitrogens with zero attached hydrogens (tertiary/aromatic N) is 1. The van der Waals surface area contributed by atoms with E-state index in [9.17, 15) is 9.90 Å². The van der Waals surface area contributed by atoms with Crippen molar-refractivity contribution in [2.45, 2.75) is 42.7 Å². The molecule has 0 spiro atoms. The van der Waals surface area contributed by atoms with Crippen LogP contribution in [0.15, 0.2) is 88.7 Å². The maximum atomic E-state index is 11.3. The van der Waals surface area contributed by atoms with Crippen molar-refractivity contribution in [3.05, 3.63) is 90.1 Å². The minimum absolute atomic E-state index is 0.418. The summed E-state index contributed by atoms with van der Waals surface area (Å²) in [6.07, 6.45) is -0.417. The average Bonchev–Trinajstić information content (AvgIpc) is 3.04. The molecule has 1 aromatic heterocycles. The number of aromatic nitrogens is 1. The van der Waals surface area contributed by atoms with Crippen molar-refractivity contribution in [2.24, 2.45) is 0 Å². The standard InChI is InChI=1S/C26H25NO3S/c1-3-24(26(28)29)30-20-11-9-10-19(16-20)17-27-18(2)25(22-14-7-8-15-23(22)27)31-21-12-5-4-6-13-21/h4-16,24H,3,17H2,1-2H3,(H,28,29)/t24-/m1/s1. The third-order valence-corrected chi connectivity index (χ3v) is 6.53. The number of ether oxygens (including phenoxy) is 1. The van der Waals surface area contributed by atoms with Gasteiger partial charge in [0.05, 0.1) is 0 Å². The molecular formula is C26H25NO3S. The van der Waals surface area contributed by atoms with Crippen LogP contribution in [0, 0.1) is 6.92 Å². The number of para-hydroxylation sites is 1. The molecule has 5 heteroatoms. The highest BCUT2D eigenvalue weighted by Gasteiger charge is 2.18. The lowest BCUT2D eigenvalue weighted by atomic mass is 10.2. The summed E-state index contributed by atoms with van der Waals surface area (Å²) in [5.74, 6) is -0.359. The molecule has 0 aliphatic rings. The summed E-state index contributed by atoms with van der Waals surface area (Å²) in [5, 5.41) is 10.5. The molecule has 0 fully saturated rings. The van der Waals surface area contributed by atoms with Gasteiger partial charge in [0.1, 0.15) is 5.75 Å². The van der Waals surface area contributed by atoms with E-state index in [0.717, 1.165) is 5.56 Å². The van der Waals surface area contributed by atoms with Crippen molar-refractivity contribution in [3.63, 3.8) is 0 Å². The van der Waals surface area contributed by atoms with Crippen LogP contribution in [0.25, 0.3) is 10.9 Å². The zero-order valence-corrected chi connectivity index (χ0v) is 18.4. The lowest BCUT2D eigenvalue weighted by Crippen LogP contribution is -2.25. The highest BCUT2D eigenvalue weighted by Crippen LogP contribution is 2.38. The molecule has 0 bridgehead atoms. The Labute approximate surface area is 186 Å². The van der Waals surface area contributed by atoms with Gasteiger partial charge in [-0.2, -0.15) is 0 Å². The smallest absolute Gasteiger partial charge is 0.344 e. The molecule has 158 valence electrons. The summed E-state index contributed by atoms with van der Waals surface area (Å²) in [6, 6.07) is 26.6. The molecule has 4 aromatic rings. The number of fused-ring (bicyclic) bond motifs is 1. The Morgan fingerprint density at radius 3 is 2.52 bits per heavy atom. The first-order valence-electron chi connectivity index (χ1n) is 10.4.